The Morgan fingerprint density at radius 1 is 0.462 bits per heavy atom. The number of carbonyl (C=O) groups is 2. The van der Waals surface area contributed by atoms with E-state index in [4.69, 9.17) is 0 Å². The zero-order valence-electron chi connectivity index (χ0n) is 33.5. The van der Waals surface area contributed by atoms with Gasteiger partial charge in [-0.1, -0.05) is 168 Å². The SMILES string of the molecule is CCCCCCCC[C@H](CCCCCC)CN1C(=O)C2=C(c3cccs3)N(C[C@@H](CCCCCC)CCCCCCCC)C(=O)C2=C1c1cccs1. The molecule has 52 heavy (non-hydrogen) atoms. The number of nitrogens with zero attached hydrogens (tertiary/aromatic N) is 2. The summed E-state index contributed by atoms with van der Waals surface area (Å²) in [5.41, 5.74) is 3.11. The van der Waals surface area contributed by atoms with Gasteiger partial charge in [-0.3, -0.25) is 9.59 Å². The number of fused-ring (bicyclic) bond motifs is 1. The van der Waals surface area contributed by atoms with Crippen molar-refractivity contribution in [1.82, 2.24) is 9.80 Å². The second kappa shape index (κ2) is 24.3. The molecule has 0 spiro atoms. The third kappa shape index (κ3) is 12.4. The molecule has 0 unspecified atom stereocenters. The molecule has 2 amide bonds. The van der Waals surface area contributed by atoms with Crippen LogP contribution in [-0.2, 0) is 9.59 Å². The highest BCUT2D eigenvalue weighted by Crippen LogP contribution is 2.49. The number of rotatable bonds is 30. The summed E-state index contributed by atoms with van der Waals surface area (Å²) >= 11 is 3.33. The zero-order valence-corrected chi connectivity index (χ0v) is 35.2. The van der Waals surface area contributed by atoms with Gasteiger partial charge in [0.15, 0.2) is 0 Å². The van der Waals surface area contributed by atoms with Crippen LogP contribution in [-0.4, -0.2) is 34.7 Å². The van der Waals surface area contributed by atoms with Crippen molar-refractivity contribution in [1.29, 1.82) is 0 Å². The number of hydrogen-bond acceptors (Lipinski definition) is 4. The Kier molecular flexibility index (Phi) is 19.9. The lowest BCUT2D eigenvalue weighted by Crippen LogP contribution is -2.34. The number of carbonyl (C=O) groups excluding carboxylic acids is 2. The first-order valence-corrected chi connectivity index (χ1v) is 23.5. The van der Waals surface area contributed by atoms with Gasteiger partial charge in [0.2, 0.25) is 0 Å². The average molecular weight is 749 g/mol. The number of amides is 2. The Morgan fingerprint density at radius 2 is 0.769 bits per heavy atom. The fourth-order valence-electron chi connectivity index (χ4n) is 8.40. The van der Waals surface area contributed by atoms with Crippen LogP contribution in [0.2, 0.25) is 0 Å². The molecule has 4 heterocycles. The Bertz CT molecular complexity index is 1250. The molecule has 2 atom stereocenters. The van der Waals surface area contributed by atoms with Gasteiger partial charge in [-0.15, -0.1) is 22.7 Å². The summed E-state index contributed by atoms with van der Waals surface area (Å²) in [4.78, 5) is 36.1. The molecule has 0 saturated heterocycles. The van der Waals surface area contributed by atoms with Crippen LogP contribution in [0.15, 0.2) is 46.2 Å². The highest BCUT2D eigenvalue weighted by atomic mass is 32.1. The highest BCUT2D eigenvalue weighted by Gasteiger charge is 2.49. The van der Waals surface area contributed by atoms with E-state index in [0.29, 0.717) is 36.1 Å². The quantitative estimate of drug-likeness (QED) is 0.0747. The lowest BCUT2D eigenvalue weighted by Gasteiger charge is -2.29. The monoisotopic (exact) mass is 749 g/mol. The lowest BCUT2D eigenvalue weighted by atomic mass is 9.93. The minimum absolute atomic E-state index is 0.0505. The van der Waals surface area contributed by atoms with Crippen molar-refractivity contribution in [2.45, 2.75) is 182 Å². The van der Waals surface area contributed by atoms with Crippen LogP contribution in [0, 0.1) is 11.8 Å². The molecule has 290 valence electrons. The fraction of sp³-hybridized carbons (Fsp3) is 0.696. The van der Waals surface area contributed by atoms with Gasteiger partial charge in [-0.05, 0) is 60.4 Å². The molecule has 2 aliphatic rings. The summed E-state index contributed by atoms with van der Waals surface area (Å²) in [7, 11) is 0. The van der Waals surface area contributed by atoms with Crippen LogP contribution in [0.1, 0.15) is 192 Å². The summed E-state index contributed by atoms with van der Waals surface area (Å²) in [6.07, 6.45) is 30.1. The molecule has 2 aromatic heterocycles. The van der Waals surface area contributed by atoms with Crippen molar-refractivity contribution in [3.05, 3.63) is 55.9 Å². The van der Waals surface area contributed by atoms with E-state index in [2.05, 4.69) is 72.5 Å². The van der Waals surface area contributed by atoms with Crippen molar-refractivity contribution in [2.24, 2.45) is 11.8 Å². The largest absolute Gasteiger partial charge is 0.306 e. The van der Waals surface area contributed by atoms with Crippen LogP contribution >= 0.6 is 22.7 Å². The lowest BCUT2D eigenvalue weighted by molar-refractivity contribution is -0.124. The molecular formula is C46H72N2O2S2. The van der Waals surface area contributed by atoms with Crippen LogP contribution in [0.3, 0.4) is 0 Å². The number of hydrogen-bond donors (Lipinski definition) is 0. The maximum absolute atomic E-state index is 14.9. The summed E-state index contributed by atoms with van der Waals surface area (Å²) < 4.78 is 0. The first kappa shape index (κ1) is 42.6. The second-order valence-electron chi connectivity index (χ2n) is 15.8. The van der Waals surface area contributed by atoms with Crippen molar-refractivity contribution in [3.8, 4) is 0 Å². The molecule has 0 bridgehead atoms. The van der Waals surface area contributed by atoms with Crippen molar-refractivity contribution >= 4 is 45.9 Å². The van der Waals surface area contributed by atoms with Crippen LogP contribution in [0.4, 0.5) is 0 Å². The first-order valence-electron chi connectivity index (χ1n) is 21.8. The summed E-state index contributed by atoms with van der Waals surface area (Å²) in [6, 6.07) is 8.38. The second-order valence-corrected chi connectivity index (χ2v) is 17.7. The maximum Gasteiger partial charge on any atom is 0.261 e. The smallest absolute Gasteiger partial charge is 0.261 e. The third-order valence-electron chi connectivity index (χ3n) is 11.4. The minimum atomic E-state index is 0.0505. The van der Waals surface area contributed by atoms with Crippen molar-refractivity contribution < 1.29 is 9.59 Å². The maximum atomic E-state index is 14.9. The van der Waals surface area contributed by atoms with Gasteiger partial charge in [-0.2, -0.15) is 0 Å². The summed E-state index contributed by atoms with van der Waals surface area (Å²) in [6.45, 7) is 10.5. The summed E-state index contributed by atoms with van der Waals surface area (Å²) in [5.74, 6) is 0.996. The molecule has 6 heteroatoms. The van der Waals surface area contributed by atoms with E-state index < -0.39 is 0 Å². The standard InChI is InChI=1S/C46H72N2O2S2/c1-5-9-13-17-19-23-29-37(27-21-15-11-7-3)35-47-43(39-31-25-33-51-39)41-42(45(47)49)44(40-32-26-34-52-40)48(46(41)50)36-38(28-22-16-12-8-4)30-24-20-18-14-10-6-2/h25-26,31-34,37-38H,5-24,27-30,35-36H2,1-4H3/t37-,38-/m0/s1. The van der Waals surface area contributed by atoms with E-state index in [9.17, 15) is 9.59 Å². The van der Waals surface area contributed by atoms with Gasteiger partial charge < -0.3 is 9.80 Å². The molecule has 0 radical (unpaired) electrons. The molecule has 0 aromatic carbocycles. The molecule has 4 rings (SSSR count). The molecule has 2 aliphatic heterocycles. The van der Waals surface area contributed by atoms with E-state index in [1.54, 1.807) is 22.7 Å². The Labute approximate surface area is 326 Å². The highest BCUT2D eigenvalue weighted by molar-refractivity contribution is 7.11. The normalized spacial score (nSPS) is 15.8. The van der Waals surface area contributed by atoms with Gasteiger partial charge in [0.1, 0.15) is 0 Å². The van der Waals surface area contributed by atoms with E-state index >= 15 is 0 Å². The van der Waals surface area contributed by atoms with Gasteiger partial charge in [0, 0.05) is 13.1 Å². The average Bonchev–Trinajstić information content (AvgIpc) is 3.96. The topological polar surface area (TPSA) is 40.6 Å². The van der Waals surface area contributed by atoms with Gasteiger partial charge in [-0.25, -0.2) is 0 Å². The van der Waals surface area contributed by atoms with Crippen molar-refractivity contribution in [2.75, 3.05) is 13.1 Å². The van der Waals surface area contributed by atoms with Crippen LogP contribution < -0.4 is 0 Å². The Balaban J connectivity index is 1.63. The number of unbranched alkanes of at least 4 members (excludes halogenated alkanes) is 16. The zero-order chi connectivity index (χ0) is 37.0. The summed E-state index contributed by atoms with van der Waals surface area (Å²) in [5, 5.41) is 4.19. The predicted octanol–water partition coefficient (Wildman–Crippen LogP) is 14.3. The minimum Gasteiger partial charge on any atom is -0.306 e. The van der Waals surface area contributed by atoms with E-state index in [-0.39, 0.29) is 11.8 Å². The Morgan fingerprint density at radius 3 is 1.08 bits per heavy atom. The molecule has 0 aliphatic carbocycles. The predicted molar refractivity (Wildman–Crippen MR) is 226 cm³/mol. The molecule has 2 aromatic rings. The molecule has 0 fully saturated rings. The molecular weight excluding hydrogens is 677 g/mol. The van der Waals surface area contributed by atoms with E-state index in [0.717, 1.165) is 46.8 Å². The molecule has 0 N–H and O–H groups in total. The van der Waals surface area contributed by atoms with E-state index in [1.165, 1.54) is 128 Å². The Hall–Kier alpha value is -2.18. The van der Waals surface area contributed by atoms with Gasteiger partial charge in [0.05, 0.1) is 32.3 Å². The fourth-order valence-corrected chi connectivity index (χ4v) is 9.97. The van der Waals surface area contributed by atoms with Gasteiger partial charge in [0.25, 0.3) is 11.8 Å². The van der Waals surface area contributed by atoms with Gasteiger partial charge >= 0.3 is 0 Å². The number of thiophene rings is 2. The van der Waals surface area contributed by atoms with E-state index in [1.807, 2.05) is 0 Å². The van der Waals surface area contributed by atoms with Crippen LogP contribution in [0.25, 0.3) is 11.4 Å². The van der Waals surface area contributed by atoms with Crippen LogP contribution in [0.5, 0.6) is 0 Å². The first-order chi connectivity index (χ1) is 25.5. The molecule has 4 nitrogen and oxygen atoms in total. The molecule has 0 saturated carbocycles. The third-order valence-corrected chi connectivity index (χ3v) is 13.2. The van der Waals surface area contributed by atoms with Crippen molar-refractivity contribution in [3.63, 3.8) is 0 Å².